The number of hydrogen-bond acceptors (Lipinski definition) is 1. The molecule has 14 heavy (non-hydrogen) atoms. The van der Waals surface area contributed by atoms with E-state index in [-0.39, 0.29) is 0 Å². The molecule has 0 aromatic carbocycles. The molecule has 1 aliphatic rings. The summed E-state index contributed by atoms with van der Waals surface area (Å²) in [6, 6.07) is 0. The first-order valence-electron chi connectivity index (χ1n) is 5.48. The molecule has 2 heteroatoms. The zero-order chi connectivity index (χ0) is 10.7. The fraction of sp³-hybridized carbons (Fsp3) is 0.750. The SMILES string of the molecule is CC(C(=O)O)=C(C(C)C)C1CCCC1. The van der Waals surface area contributed by atoms with E-state index in [9.17, 15) is 4.79 Å². The highest BCUT2D eigenvalue weighted by Crippen LogP contribution is 2.36. The van der Waals surface area contributed by atoms with Crippen molar-refractivity contribution in [3.05, 3.63) is 11.1 Å². The molecule has 0 aliphatic heterocycles. The Labute approximate surface area is 86.0 Å². The van der Waals surface area contributed by atoms with E-state index in [4.69, 9.17) is 5.11 Å². The molecule has 0 spiro atoms. The molecule has 2 nitrogen and oxygen atoms in total. The molecule has 0 bridgehead atoms. The van der Waals surface area contributed by atoms with Gasteiger partial charge in [-0.1, -0.05) is 32.3 Å². The molecule has 0 saturated heterocycles. The van der Waals surface area contributed by atoms with Crippen LogP contribution in [0.3, 0.4) is 0 Å². The summed E-state index contributed by atoms with van der Waals surface area (Å²) in [5, 5.41) is 9.00. The van der Waals surface area contributed by atoms with Crippen molar-refractivity contribution in [2.75, 3.05) is 0 Å². The molecule has 0 aromatic rings. The van der Waals surface area contributed by atoms with Gasteiger partial charge in [0.25, 0.3) is 0 Å². The molecule has 0 unspecified atom stereocenters. The zero-order valence-electron chi connectivity index (χ0n) is 9.34. The molecule has 80 valence electrons. The average molecular weight is 196 g/mol. The number of carboxylic acid groups (broad SMARTS) is 1. The maximum absolute atomic E-state index is 10.9. The van der Waals surface area contributed by atoms with Crippen LogP contribution in [0.4, 0.5) is 0 Å². The number of allylic oxidation sites excluding steroid dienone is 1. The number of hydrogen-bond donors (Lipinski definition) is 1. The Bertz CT molecular complexity index is 245. The summed E-state index contributed by atoms with van der Waals surface area (Å²) in [6.45, 7) is 5.94. The first-order valence-corrected chi connectivity index (χ1v) is 5.48. The van der Waals surface area contributed by atoms with Crippen LogP contribution >= 0.6 is 0 Å². The Morgan fingerprint density at radius 2 is 1.79 bits per heavy atom. The fourth-order valence-electron chi connectivity index (χ4n) is 2.57. The minimum Gasteiger partial charge on any atom is -0.478 e. The molecule has 1 saturated carbocycles. The second-order valence-electron chi connectivity index (χ2n) is 4.52. The van der Waals surface area contributed by atoms with Gasteiger partial charge in [0.2, 0.25) is 0 Å². The topological polar surface area (TPSA) is 37.3 Å². The molecule has 1 aliphatic carbocycles. The summed E-state index contributed by atoms with van der Waals surface area (Å²) in [5.74, 6) is 0.154. The van der Waals surface area contributed by atoms with Crippen molar-refractivity contribution in [2.24, 2.45) is 11.8 Å². The highest BCUT2D eigenvalue weighted by atomic mass is 16.4. The molecule has 0 radical (unpaired) electrons. The quantitative estimate of drug-likeness (QED) is 0.703. The summed E-state index contributed by atoms with van der Waals surface area (Å²) < 4.78 is 0. The number of rotatable bonds is 3. The van der Waals surface area contributed by atoms with Crippen LogP contribution in [0.15, 0.2) is 11.1 Å². The molecule has 1 N–H and O–H groups in total. The number of carbonyl (C=O) groups is 1. The van der Waals surface area contributed by atoms with Crippen molar-refractivity contribution in [1.82, 2.24) is 0 Å². The Hall–Kier alpha value is -0.790. The van der Waals surface area contributed by atoms with Crippen LogP contribution < -0.4 is 0 Å². The van der Waals surface area contributed by atoms with Crippen LogP contribution in [0.25, 0.3) is 0 Å². The predicted molar refractivity (Wildman–Crippen MR) is 57.1 cm³/mol. The van der Waals surface area contributed by atoms with E-state index in [2.05, 4.69) is 13.8 Å². The predicted octanol–water partition coefficient (Wildman–Crippen LogP) is 3.23. The van der Waals surface area contributed by atoms with Crippen molar-refractivity contribution < 1.29 is 9.90 Å². The normalized spacial score (nSPS) is 20.0. The van der Waals surface area contributed by atoms with Crippen LogP contribution in [0.2, 0.25) is 0 Å². The van der Waals surface area contributed by atoms with Crippen molar-refractivity contribution in [1.29, 1.82) is 0 Å². The third-order valence-corrected chi connectivity index (χ3v) is 3.17. The van der Waals surface area contributed by atoms with Gasteiger partial charge in [0.15, 0.2) is 0 Å². The van der Waals surface area contributed by atoms with Gasteiger partial charge in [-0.25, -0.2) is 4.79 Å². The van der Waals surface area contributed by atoms with Gasteiger partial charge >= 0.3 is 5.97 Å². The Morgan fingerprint density at radius 3 is 2.14 bits per heavy atom. The van der Waals surface area contributed by atoms with Crippen molar-refractivity contribution >= 4 is 5.97 Å². The van der Waals surface area contributed by atoms with Gasteiger partial charge in [0, 0.05) is 5.57 Å². The number of aliphatic carboxylic acids is 1. The molecule has 0 heterocycles. The first kappa shape index (κ1) is 11.3. The van der Waals surface area contributed by atoms with Gasteiger partial charge in [0.05, 0.1) is 0 Å². The Kier molecular flexibility index (Phi) is 3.73. The standard InChI is InChI=1S/C12H20O2/c1-8(2)11(9(3)12(13)14)10-6-4-5-7-10/h8,10H,4-7H2,1-3H3,(H,13,14). The third kappa shape index (κ3) is 2.37. The number of carboxylic acids is 1. The average Bonchev–Trinajstić information content (AvgIpc) is 2.56. The lowest BCUT2D eigenvalue weighted by Gasteiger charge is -2.20. The van der Waals surface area contributed by atoms with Crippen molar-refractivity contribution in [3.8, 4) is 0 Å². The maximum Gasteiger partial charge on any atom is 0.331 e. The van der Waals surface area contributed by atoms with E-state index in [1.54, 1.807) is 6.92 Å². The van der Waals surface area contributed by atoms with Crippen LogP contribution in [-0.2, 0) is 4.79 Å². The van der Waals surface area contributed by atoms with E-state index in [1.807, 2.05) is 0 Å². The fourth-order valence-corrected chi connectivity index (χ4v) is 2.57. The monoisotopic (exact) mass is 196 g/mol. The van der Waals surface area contributed by atoms with Crippen LogP contribution in [-0.4, -0.2) is 11.1 Å². The summed E-state index contributed by atoms with van der Waals surface area (Å²) >= 11 is 0. The maximum atomic E-state index is 10.9. The molecule has 0 aromatic heterocycles. The molecule has 1 fully saturated rings. The molecular weight excluding hydrogens is 176 g/mol. The van der Waals surface area contributed by atoms with Crippen molar-refractivity contribution in [3.63, 3.8) is 0 Å². The molecular formula is C12H20O2. The van der Waals surface area contributed by atoms with Gasteiger partial charge in [-0.15, -0.1) is 0 Å². The lowest BCUT2D eigenvalue weighted by atomic mass is 9.85. The first-order chi connectivity index (χ1) is 6.54. The van der Waals surface area contributed by atoms with E-state index in [1.165, 1.54) is 31.3 Å². The lowest BCUT2D eigenvalue weighted by Crippen LogP contribution is -2.12. The third-order valence-electron chi connectivity index (χ3n) is 3.17. The van der Waals surface area contributed by atoms with Gasteiger partial charge < -0.3 is 5.11 Å². The van der Waals surface area contributed by atoms with Gasteiger partial charge in [-0.2, -0.15) is 0 Å². The highest BCUT2D eigenvalue weighted by Gasteiger charge is 2.24. The Morgan fingerprint density at radius 1 is 1.29 bits per heavy atom. The van der Waals surface area contributed by atoms with Crippen molar-refractivity contribution in [2.45, 2.75) is 46.5 Å². The summed E-state index contributed by atoms with van der Waals surface area (Å²) in [7, 11) is 0. The van der Waals surface area contributed by atoms with Gasteiger partial charge in [0.1, 0.15) is 0 Å². The second-order valence-corrected chi connectivity index (χ2v) is 4.52. The van der Waals surface area contributed by atoms with Crippen LogP contribution in [0, 0.1) is 11.8 Å². The van der Waals surface area contributed by atoms with Crippen LogP contribution in [0.5, 0.6) is 0 Å². The van der Waals surface area contributed by atoms with Gasteiger partial charge in [-0.05, 0) is 31.6 Å². The summed E-state index contributed by atoms with van der Waals surface area (Å²) in [5.41, 5.74) is 1.75. The molecule has 0 atom stereocenters. The van der Waals surface area contributed by atoms with E-state index in [0.717, 1.165) is 0 Å². The Balaban J connectivity index is 2.93. The van der Waals surface area contributed by atoms with E-state index in [0.29, 0.717) is 17.4 Å². The zero-order valence-corrected chi connectivity index (χ0v) is 9.34. The molecule has 0 amide bonds. The summed E-state index contributed by atoms with van der Waals surface area (Å²) in [4.78, 5) is 10.9. The highest BCUT2D eigenvalue weighted by molar-refractivity contribution is 5.87. The van der Waals surface area contributed by atoms with Crippen LogP contribution in [0.1, 0.15) is 46.5 Å². The second kappa shape index (κ2) is 4.63. The van der Waals surface area contributed by atoms with E-state index >= 15 is 0 Å². The smallest absolute Gasteiger partial charge is 0.331 e. The minimum absolute atomic E-state index is 0.370. The lowest BCUT2D eigenvalue weighted by molar-refractivity contribution is -0.132. The molecule has 1 rings (SSSR count). The van der Waals surface area contributed by atoms with Gasteiger partial charge in [-0.3, -0.25) is 0 Å². The largest absolute Gasteiger partial charge is 0.478 e. The van der Waals surface area contributed by atoms with E-state index < -0.39 is 5.97 Å². The summed E-state index contributed by atoms with van der Waals surface area (Å²) in [6.07, 6.45) is 4.87. The minimum atomic E-state index is -0.749.